The number of methoxy groups -OCH3 is 2. The van der Waals surface area contributed by atoms with Crippen LogP contribution in [0.3, 0.4) is 0 Å². The second-order valence-corrected chi connectivity index (χ2v) is 6.47. The Balaban J connectivity index is 2.39. The van der Waals surface area contributed by atoms with Crippen molar-refractivity contribution in [1.82, 2.24) is 4.31 Å². The first-order chi connectivity index (χ1) is 11.0. The SMILES string of the molecule is COc1ccc(S(=O)(=O)N(CC#N)Cc2ccco2)cc1OC. The second-order valence-electron chi connectivity index (χ2n) is 4.53. The Morgan fingerprint density at radius 2 is 1.96 bits per heavy atom. The normalized spacial score (nSPS) is 11.2. The van der Waals surface area contributed by atoms with Gasteiger partial charge in [0.05, 0.1) is 38.0 Å². The summed E-state index contributed by atoms with van der Waals surface area (Å²) >= 11 is 0. The monoisotopic (exact) mass is 336 g/mol. The highest BCUT2D eigenvalue weighted by Gasteiger charge is 2.26. The molecule has 2 rings (SSSR count). The van der Waals surface area contributed by atoms with Gasteiger partial charge in [-0.25, -0.2) is 8.42 Å². The molecule has 0 radical (unpaired) electrons. The first kappa shape index (κ1) is 16.9. The highest BCUT2D eigenvalue weighted by Crippen LogP contribution is 2.31. The molecule has 0 N–H and O–H groups in total. The quantitative estimate of drug-likeness (QED) is 0.718. The van der Waals surface area contributed by atoms with Gasteiger partial charge in [0.15, 0.2) is 11.5 Å². The lowest BCUT2D eigenvalue weighted by Crippen LogP contribution is -2.31. The lowest BCUT2D eigenvalue weighted by molar-refractivity contribution is 0.353. The van der Waals surface area contributed by atoms with Crippen molar-refractivity contribution in [3.8, 4) is 17.6 Å². The van der Waals surface area contributed by atoms with E-state index in [-0.39, 0.29) is 18.0 Å². The van der Waals surface area contributed by atoms with Crippen LogP contribution in [-0.2, 0) is 16.6 Å². The van der Waals surface area contributed by atoms with Gasteiger partial charge in [0.2, 0.25) is 10.0 Å². The van der Waals surface area contributed by atoms with E-state index in [9.17, 15) is 8.42 Å². The van der Waals surface area contributed by atoms with Gasteiger partial charge in [0, 0.05) is 6.07 Å². The molecule has 0 spiro atoms. The van der Waals surface area contributed by atoms with Crippen LogP contribution < -0.4 is 9.47 Å². The minimum Gasteiger partial charge on any atom is -0.493 e. The van der Waals surface area contributed by atoms with Gasteiger partial charge < -0.3 is 13.9 Å². The summed E-state index contributed by atoms with van der Waals surface area (Å²) in [5.74, 6) is 1.16. The molecule has 23 heavy (non-hydrogen) atoms. The summed E-state index contributed by atoms with van der Waals surface area (Å²) in [5, 5.41) is 8.93. The maximum Gasteiger partial charge on any atom is 0.244 e. The topological polar surface area (TPSA) is 92.8 Å². The molecule has 0 saturated carbocycles. The van der Waals surface area contributed by atoms with E-state index in [0.29, 0.717) is 17.3 Å². The standard InChI is InChI=1S/C15H16N2O5S/c1-20-14-6-5-13(10-15(14)21-2)23(18,19)17(8-7-16)11-12-4-3-9-22-12/h3-6,9-10H,8,11H2,1-2H3. The number of benzene rings is 1. The van der Waals surface area contributed by atoms with E-state index in [1.807, 2.05) is 6.07 Å². The van der Waals surface area contributed by atoms with Crippen molar-refractivity contribution in [3.63, 3.8) is 0 Å². The molecular weight excluding hydrogens is 320 g/mol. The second kappa shape index (κ2) is 7.17. The Morgan fingerprint density at radius 1 is 1.22 bits per heavy atom. The molecule has 0 aliphatic carbocycles. The van der Waals surface area contributed by atoms with E-state index in [2.05, 4.69) is 0 Å². The molecule has 0 aliphatic rings. The summed E-state index contributed by atoms with van der Waals surface area (Å²) in [5.41, 5.74) is 0. The molecule has 0 unspecified atom stereocenters. The molecule has 1 heterocycles. The number of furan rings is 1. The Morgan fingerprint density at radius 3 is 2.52 bits per heavy atom. The van der Waals surface area contributed by atoms with E-state index < -0.39 is 10.0 Å². The zero-order valence-corrected chi connectivity index (χ0v) is 13.5. The zero-order chi connectivity index (χ0) is 16.9. The fourth-order valence-corrected chi connectivity index (χ4v) is 3.33. The molecule has 8 heteroatoms. The van der Waals surface area contributed by atoms with Crippen molar-refractivity contribution in [2.75, 3.05) is 20.8 Å². The van der Waals surface area contributed by atoms with Crippen molar-refractivity contribution >= 4 is 10.0 Å². The van der Waals surface area contributed by atoms with Crippen LogP contribution in [0.1, 0.15) is 5.76 Å². The number of nitrogens with zero attached hydrogens (tertiary/aromatic N) is 2. The predicted molar refractivity (Wildman–Crippen MR) is 81.5 cm³/mol. The summed E-state index contributed by atoms with van der Waals surface area (Å²) in [4.78, 5) is 0.0111. The summed E-state index contributed by atoms with van der Waals surface area (Å²) in [6.07, 6.45) is 1.45. The van der Waals surface area contributed by atoms with Gasteiger partial charge in [-0.1, -0.05) is 0 Å². The first-order valence-corrected chi connectivity index (χ1v) is 8.08. The van der Waals surface area contributed by atoms with Crippen molar-refractivity contribution in [2.45, 2.75) is 11.4 Å². The third-order valence-corrected chi connectivity index (χ3v) is 4.94. The summed E-state index contributed by atoms with van der Waals surface area (Å²) in [6.45, 7) is -0.325. The minimum absolute atomic E-state index is 0.0111. The van der Waals surface area contributed by atoms with Crippen molar-refractivity contribution < 1.29 is 22.3 Å². The minimum atomic E-state index is -3.88. The van der Waals surface area contributed by atoms with Crippen LogP contribution in [0.2, 0.25) is 0 Å². The third-order valence-electron chi connectivity index (χ3n) is 3.15. The van der Waals surface area contributed by atoms with E-state index in [0.717, 1.165) is 4.31 Å². The van der Waals surface area contributed by atoms with Gasteiger partial charge in [-0.2, -0.15) is 9.57 Å². The first-order valence-electron chi connectivity index (χ1n) is 6.64. The number of rotatable bonds is 7. The summed E-state index contributed by atoms with van der Waals surface area (Å²) < 4.78 is 41.9. The van der Waals surface area contributed by atoms with Gasteiger partial charge in [-0.15, -0.1) is 0 Å². The average Bonchev–Trinajstić information content (AvgIpc) is 3.06. The van der Waals surface area contributed by atoms with Crippen LogP contribution in [0.5, 0.6) is 11.5 Å². The van der Waals surface area contributed by atoms with Crippen LogP contribution in [0, 0.1) is 11.3 Å². The number of sulfonamides is 1. The fourth-order valence-electron chi connectivity index (χ4n) is 2.01. The van der Waals surface area contributed by atoms with Gasteiger partial charge in [-0.3, -0.25) is 0 Å². The predicted octanol–water partition coefficient (Wildman–Crippen LogP) is 2.01. The molecule has 122 valence electrons. The van der Waals surface area contributed by atoms with Crippen molar-refractivity contribution in [3.05, 3.63) is 42.4 Å². The molecule has 0 atom stereocenters. The number of nitriles is 1. The molecular formula is C15H16N2O5S. The summed E-state index contributed by atoms with van der Waals surface area (Å²) in [7, 11) is -0.998. The molecule has 1 aromatic heterocycles. The molecule has 0 aliphatic heterocycles. The fraction of sp³-hybridized carbons (Fsp3) is 0.267. The molecule has 0 fully saturated rings. The van der Waals surface area contributed by atoms with Crippen molar-refractivity contribution in [1.29, 1.82) is 5.26 Å². The van der Waals surface area contributed by atoms with Gasteiger partial charge in [0.1, 0.15) is 12.3 Å². The molecule has 1 aromatic carbocycles. The lowest BCUT2D eigenvalue weighted by atomic mass is 10.3. The van der Waals surface area contributed by atoms with E-state index in [4.69, 9.17) is 19.2 Å². The Kier molecular flexibility index (Phi) is 5.26. The van der Waals surface area contributed by atoms with Gasteiger partial charge in [-0.05, 0) is 24.3 Å². The lowest BCUT2D eigenvalue weighted by Gasteiger charge is -2.19. The number of hydrogen-bond acceptors (Lipinski definition) is 6. The average molecular weight is 336 g/mol. The summed E-state index contributed by atoms with van der Waals surface area (Å²) in [6, 6.07) is 9.43. The van der Waals surface area contributed by atoms with E-state index in [1.54, 1.807) is 12.1 Å². The van der Waals surface area contributed by atoms with E-state index >= 15 is 0 Å². The van der Waals surface area contributed by atoms with Crippen LogP contribution in [0.4, 0.5) is 0 Å². The van der Waals surface area contributed by atoms with Gasteiger partial charge >= 0.3 is 0 Å². The maximum absolute atomic E-state index is 12.8. The number of hydrogen-bond donors (Lipinski definition) is 0. The molecule has 0 amide bonds. The Bertz CT molecular complexity index is 794. The maximum atomic E-state index is 12.8. The number of ether oxygens (including phenoxy) is 2. The van der Waals surface area contributed by atoms with Crippen LogP contribution in [0.25, 0.3) is 0 Å². The highest BCUT2D eigenvalue weighted by atomic mass is 32.2. The zero-order valence-electron chi connectivity index (χ0n) is 12.7. The van der Waals surface area contributed by atoms with E-state index in [1.165, 1.54) is 38.7 Å². The van der Waals surface area contributed by atoms with Gasteiger partial charge in [0.25, 0.3) is 0 Å². The van der Waals surface area contributed by atoms with Crippen LogP contribution in [-0.4, -0.2) is 33.5 Å². The Labute approximate surface area is 134 Å². The molecule has 7 nitrogen and oxygen atoms in total. The highest BCUT2D eigenvalue weighted by molar-refractivity contribution is 7.89. The van der Waals surface area contributed by atoms with Crippen molar-refractivity contribution in [2.24, 2.45) is 0 Å². The van der Waals surface area contributed by atoms with Crippen LogP contribution >= 0.6 is 0 Å². The molecule has 2 aromatic rings. The molecule has 0 saturated heterocycles. The largest absolute Gasteiger partial charge is 0.493 e. The Hall–Kier alpha value is -2.50. The smallest absolute Gasteiger partial charge is 0.244 e. The molecule has 0 bridgehead atoms. The van der Waals surface area contributed by atoms with Crippen LogP contribution in [0.15, 0.2) is 45.9 Å². The third kappa shape index (κ3) is 3.64.